The molecule has 1 aromatic heterocycles. The number of non-ortho nitro benzene ring substituents is 1. The zero-order chi connectivity index (χ0) is 17.0. The van der Waals surface area contributed by atoms with E-state index in [4.69, 9.17) is 9.57 Å². The number of ether oxygens (including phenoxy) is 2. The van der Waals surface area contributed by atoms with Gasteiger partial charge in [0.15, 0.2) is 0 Å². The molecule has 23 heavy (non-hydrogen) atoms. The predicted molar refractivity (Wildman–Crippen MR) is 75.9 cm³/mol. The standard InChI is InChI=1S/C13H13N3O7/c1-3-21-12(17)11-14-9-6-5-8(16(19)20)7-10(9)15(11)23-13(18)22-4-2/h5-7H,3-4H2,1-2H3. The van der Waals surface area contributed by atoms with E-state index in [1.54, 1.807) is 13.8 Å². The average Bonchev–Trinajstić information content (AvgIpc) is 2.85. The molecule has 0 aliphatic heterocycles. The van der Waals surface area contributed by atoms with Gasteiger partial charge in [0.2, 0.25) is 0 Å². The molecule has 10 heteroatoms. The molecule has 10 nitrogen and oxygen atoms in total. The van der Waals surface area contributed by atoms with E-state index in [-0.39, 0.29) is 35.8 Å². The Kier molecular flexibility index (Phi) is 4.74. The topological polar surface area (TPSA) is 123 Å². The second kappa shape index (κ2) is 6.73. The minimum Gasteiger partial charge on any atom is -0.460 e. The third-order valence-electron chi connectivity index (χ3n) is 2.69. The predicted octanol–water partition coefficient (Wildman–Crippen LogP) is 1.71. The van der Waals surface area contributed by atoms with E-state index in [1.807, 2.05) is 0 Å². The molecule has 0 unspecified atom stereocenters. The van der Waals surface area contributed by atoms with Crippen LogP contribution in [0.4, 0.5) is 10.5 Å². The molecule has 1 heterocycles. The van der Waals surface area contributed by atoms with E-state index in [0.29, 0.717) is 0 Å². The lowest BCUT2D eigenvalue weighted by molar-refractivity contribution is -0.384. The number of esters is 1. The fourth-order valence-corrected chi connectivity index (χ4v) is 1.79. The fraction of sp³-hybridized carbons (Fsp3) is 0.308. The molecule has 122 valence electrons. The molecule has 0 saturated heterocycles. The Bertz CT molecular complexity index is 768. The highest BCUT2D eigenvalue weighted by molar-refractivity contribution is 5.91. The number of aromatic nitrogens is 2. The number of nitro benzene ring substituents is 1. The zero-order valence-corrected chi connectivity index (χ0v) is 12.3. The summed E-state index contributed by atoms with van der Waals surface area (Å²) in [6.07, 6.45) is -1.08. The molecule has 0 aliphatic carbocycles. The summed E-state index contributed by atoms with van der Waals surface area (Å²) in [6.45, 7) is 3.31. The van der Waals surface area contributed by atoms with E-state index >= 15 is 0 Å². The van der Waals surface area contributed by atoms with Crippen LogP contribution in [0, 0.1) is 10.1 Å². The van der Waals surface area contributed by atoms with Gasteiger partial charge in [-0.15, -0.1) is 4.73 Å². The lowest BCUT2D eigenvalue weighted by Gasteiger charge is -2.07. The summed E-state index contributed by atoms with van der Waals surface area (Å²) in [5.74, 6) is -1.16. The van der Waals surface area contributed by atoms with Gasteiger partial charge in [-0.25, -0.2) is 14.6 Å². The number of carbonyl (C=O) groups is 2. The average molecular weight is 323 g/mol. The molecule has 0 radical (unpaired) electrons. The highest BCUT2D eigenvalue weighted by atomic mass is 16.8. The first kappa shape index (κ1) is 16.2. The number of nitro groups is 1. The van der Waals surface area contributed by atoms with Gasteiger partial charge < -0.3 is 9.47 Å². The van der Waals surface area contributed by atoms with Crippen LogP contribution in [0.3, 0.4) is 0 Å². The minimum atomic E-state index is -1.08. The Balaban J connectivity index is 2.57. The number of imidazole rings is 1. The van der Waals surface area contributed by atoms with Crippen molar-refractivity contribution >= 4 is 28.8 Å². The number of hydrogen-bond acceptors (Lipinski definition) is 8. The van der Waals surface area contributed by atoms with Gasteiger partial charge in [-0.2, -0.15) is 0 Å². The quantitative estimate of drug-likeness (QED) is 0.463. The molecule has 1 aromatic carbocycles. The van der Waals surface area contributed by atoms with Gasteiger partial charge in [0, 0.05) is 12.1 Å². The van der Waals surface area contributed by atoms with Crippen molar-refractivity contribution in [2.75, 3.05) is 13.2 Å². The lowest BCUT2D eigenvalue weighted by atomic mass is 10.3. The molecule has 0 saturated carbocycles. The summed E-state index contributed by atoms with van der Waals surface area (Å²) in [4.78, 5) is 42.6. The van der Waals surface area contributed by atoms with Gasteiger partial charge >= 0.3 is 12.1 Å². The molecule has 0 spiro atoms. The molecule has 0 atom stereocenters. The van der Waals surface area contributed by atoms with Crippen molar-refractivity contribution in [3.8, 4) is 0 Å². The van der Waals surface area contributed by atoms with Crippen molar-refractivity contribution in [3.63, 3.8) is 0 Å². The fourth-order valence-electron chi connectivity index (χ4n) is 1.79. The highest BCUT2D eigenvalue weighted by Crippen LogP contribution is 2.22. The largest absolute Gasteiger partial charge is 0.533 e. The summed E-state index contributed by atoms with van der Waals surface area (Å²) in [5, 5.41) is 10.9. The first-order valence-corrected chi connectivity index (χ1v) is 6.67. The van der Waals surface area contributed by atoms with Crippen LogP contribution in [-0.4, -0.2) is 40.0 Å². The lowest BCUT2D eigenvalue weighted by Crippen LogP contribution is -2.25. The van der Waals surface area contributed by atoms with Gasteiger partial charge in [-0.3, -0.25) is 15.0 Å². The molecule has 0 amide bonds. The maximum absolute atomic E-state index is 11.9. The summed E-state index contributed by atoms with van der Waals surface area (Å²) in [6, 6.07) is 3.68. The van der Waals surface area contributed by atoms with Crippen LogP contribution in [-0.2, 0) is 9.47 Å². The summed E-state index contributed by atoms with van der Waals surface area (Å²) >= 11 is 0. The Hall–Kier alpha value is -3.17. The molecule has 2 rings (SSSR count). The number of nitrogens with zero attached hydrogens (tertiary/aromatic N) is 3. The Labute approximate surface area is 129 Å². The van der Waals surface area contributed by atoms with Gasteiger partial charge in [0.25, 0.3) is 11.5 Å². The first-order valence-electron chi connectivity index (χ1n) is 6.67. The van der Waals surface area contributed by atoms with Crippen molar-refractivity contribution in [2.24, 2.45) is 0 Å². The smallest absolute Gasteiger partial charge is 0.460 e. The zero-order valence-electron chi connectivity index (χ0n) is 12.3. The number of fused-ring (bicyclic) bond motifs is 1. The van der Waals surface area contributed by atoms with Gasteiger partial charge in [0.1, 0.15) is 5.52 Å². The summed E-state index contributed by atoms with van der Waals surface area (Å²) < 4.78 is 10.2. The number of carbonyl (C=O) groups excluding carboxylic acids is 2. The summed E-state index contributed by atoms with van der Waals surface area (Å²) in [5.41, 5.74) is 0.0415. The van der Waals surface area contributed by atoms with E-state index < -0.39 is 17.0 Å². The Morgan fingerprint density at radius 1 is 1.26 bits per heavy atom. The van der Waals surface area contributed by atoms with Crippen LogP contribution >= 0.6 is 0 Å². The molecular formula is C13H13N3O7. The SMILES string of the molecule is CCOC(=O)On1c(C(=O)OCC)nc2ccc([N+](=O)[O-])cc21. The highest BCUT2D eigenvalue weighted by Gasteiger charge is 2.24. The van der Waals surface area contributed by atoms with Crippen molar-refractivity contribution < 1.29 is 28.8 Å². The second-order valence-corrected chi connectivity index (χ2v) is 4.15. The van der Waals surface area contributed by atoms with Crippen LogP contribution in [0.15, 0.2) is 18.2 Å². The number of rotatable bonds is 5. The van der Waals surface area contributed by atoms with Crippen molar-refractivity contribution in [1.82, 2.24) is 9.71 Å². The number of hydrogen-bond donors (Lipinski definition) is 0. The second-order valence-electron chi connectivity index (χ2n) is 4.15. The third-order valence-corrected chi connectivity index (χ3v) is 2.69. The Morgan fingerprint density at radius 2 is 1.96 bits per heavy atom. The van der Waals surface area contributed by atoms with Crippen LogP contribution in [0.25, 0.3) is 11.0 Å². The van der Waals surface area contributed by atoms with E-state index in [9.17, 15) is 19.7 Å². The van der Waals surface area contributed by atoms with Crippen LogP contribution in [0.1, 0.15) is 24.5 Å². The molecule has 0 N–H and O–H groups in total. The van der Waals surface area contributed by atoms with E-state index in [2.05, 4.69) is 9.72 Å². The normalized spacial score (nSPS) is 10.3. The molecule has 2 aromatic rings. The molecular weight excluding hydrogens is 310 g/mol. The van der Waals surface area contributed by atoms with Crippen molar-refractivity contribution in [3.05, 3.63) is 34.1 Å². The van der Waals surface area contributed by atoms with Crippen LogP contribution < -0.4 is 4.84 Å². The van der Waals surface area contributed by atoms with Crippen molar-refractivity contribution in [1.29, 1.82) is 0 Å². The van der Waals surface area contributed by atoms with Gasteiger partial charge in [0.05, 0.1) is 23.7 Å². The van der Waals surface area contributed by atoms with Crippen LogP contribution in [0.5, 0.6) is 0 Å². The molecule has 0 fully saturated rings. The Morgan fingerprint density at radius 3 is 2.57 bits per heavy atom. The third kappa shape index (κ3) is 3.36. The maximum atomic E-state index is 11.9. The summed E-state index contributed by atoms with van der Waals surface area (Å²) in [7, 11) is 0. The number of benzene rings is 1. The monoisotopic (exact) mass is 323 g/mol. The molecule has 0 bridgehead atoms. The maximum Gasteiger partial charge on any atom is 0.533 e. The molecule has 0 aliphatic rings. The van der Waals surface area contributed by atoms with E-state index in [0.717, 1.165) is 10.8 Å². The van der Waals surface area contributed by atoms with Gasteiger partial charge in [-0.1, -0.05) is 0 Å². The first-order chi connectivity index (χ1) is 11.0. The minimum absolute atomic E-state index is 0.0559. The van der Waals surface area contributed by atoms with Crippen molar-refractivity contribution in [2.45, 2.75) is 13.8 Å². The van der Waals surface area contributed by atoms with Crippen LogP contribution in [0.2, 0.25) is 0 Å². The van der Waals surface area contributed by atoms with Gasteiger partial charge in [-0.05, 0) is 19.9 Å². The van der Waals surface area contributed by atoms with E-state index in [1.165, 1.54) is 12.1 Å².